The summed E-state index contributed by atoms with van der Waals surface area (Å²) in [6.07, 6.45) is 22.1. The molecule has 0 unspecified atom stereocenters. The number of fused-ring (bicyclic) bond motifs is 6. The third kappa shape index (κ3) is 15.2. The quantitative estimate of drug-likeness (QED) is 0.202. The first-order valence-corrected chi connectivity index (χ1v) is 17.4. The maximum atomic E-state index is 3.30. The molecule has 0 saturated carbocycles. The van der Waals surface area contributed by atoms with Crippen LogP contribution < -0.4 is 24.8 Å². The van der Waals surface area contributed by atoms with Crippen LogP contribution in [0.5, 0.6) is 0 Å². The van der Waals surface area contributed by atoms with Gasteiger partial charge in [0.25, 0.3) is 0 Å². The first-order valence-electron chi connectivity index (χ1n) is 15.0. The Morgan fingerprint density at radius 3 is 1.17 bits per heavy atom. The van der Waals surface area contributed by atoms with Crippen LogP contribution in [-0.4, -0.2) is 6.41 Å². The molecule has 0 fully saturated rings. The van der Waals surface area contributed by atoms with E-state index in [4.69, 9.17) is 0 Å². The standard InChI is InChI=1S/2C13H9.2C5H5.2C3H6.2ClH.2Zr/c2*1-3-7-12-10(5-1)9-11-6-2-4-8-13(11)12;2*1-2-4-5-3-1;2*1-3-2;;;;/h2*1-5,7-8H,9H2;2*1-3H,4H2;2*1-2H3;2*1H;;/q4*-1;;;;;2*+2/p-2. The van der Waals surface area contributed by atoms with Crippen molar-refractivity contribution in [3.8, 4) is 22.3 Å². The number of allylic oxidation sites excluding steroid dienone is 8. The molecule has 4 heteroatoms. The minimum atomic E-state index is 0. The average molecular weight is 798 g/mol. The Bertz CT molecular complexity index is 1400. The van der Waals surface area contributed by atoms with Crippen LogP contribution in [0, 0.1) is 24.3 Å². The van der Waals surface area contributed by atoms with Gasteiger partial charge < -0.3 is 24.8 Å². The van der Waals surface area contributed by atoms with E-state index in [9.17, 15) is 0 Å². The first kappa shape index (κ1) is 41.9. The molecule has 0 spiro atoms. The van der Waals surface area contributed by atoms with Gasteiger partial charge in [0.05, 0.1) is 0 Å². The zero-order valence-electron chi connectivity index (χ0n) is 27.1. The largest absolute Gasteiger partial charge is 1.00 e. The van der Waals surface area contributed by atoms with Gasteiger partial charge in [-0.1, -0.05) is 70.8 Å². The number of rotatable bonds is 0. The summed E-state index contributed by atoms with van der Waals surface area (Å²) in [5, 5.41) is 0. The van der Waals surface area contributed by atoms with Gasteiger partial charge in [0.1, 0.15) is 0 Å². The molecule has 4 aromatic rings. The third-order valence-electron chi connectivity index (χ3n) is 6.40. The Labute approximate surface area is 320 Å². The molecule has 0 atom stereocenters. The number of halogens is 2. The van der Waals surface area contributed by atoms with Crippen LogP contribution in [0.4, 0.5) is 0 Å². The van der Waals surface area contributed by atoms with Crippen molar-refractivity contribution < 1.29 is 73.3 Å². The van der Waals surface area contributed by atoms with Crippen LogP contribution in [-0.2, 0) is 61.3 Å². The van der Waals surface area contributed by atoms with Crippen molar-refractivity contribution in [2.45, 2.75) is 53.4 Å². The summed E-state index contributed by atoms with van der Waals surface area (Å²) in [6, 6.07) is 36.2. The second-order valence-electron chi connectivity index (χ2n) is 10.8. The van der Waals surface area contributed by atoms with Gasteiger partial charge in [-0.2, -0.15) is 71.8 Å². The van der Waals surface area contributed by atoms with Crippen LogP contribution in [0.15, 0.2) is 121 Å². The molecule has 0 saturated heterocycles. The first-order chi connectivity index (χ1) is 21.4. The van der Waals surface area contributed by atoms with Crippen LogP contribution in [0.25, 0.3) is 22.3 Å². The van der Waals surface area contributed by atoms with E-state index in [1.165, 1.54) is 50.9 Å². The Balaban J connectivity index is 0.000000298. The molecule has 4 aromatic carbocycles. The van der Waals surface area contributed by atoms with E-state index in [-0.39, 0.29) is 24.8 Å². The number of benzene rings is 4. The molecule has 4 aliphatic carbocycles. The van der Waals surface area contributed by atoms with Crippen molar-refractivity contribution in [2.75, 3.05) is 0 Å². The predicted molar refractivity (Wildman–Crippen MR) is 183 cm³/mol. The summed E-state index contributed by atoms with van der Waals surface area (Å²) >= 11 is 3.11. The second kappa shape index (κ2) is 24.1. The summed E-state index contributed by atoms with van der Waals surface area (Å²) in [5.74, 6) is 0. The van der Waals surface area contributed by atoms with Gasteiger partial charge in [0.15, 0.2) is 0 Å². The average Bonchev–Trinajstić information content (AvgIpc) is 3.85. The van der Waals surface area contributed by atoms with Gasteiger partial charge in [0.2, 0.25) is 0 Å². The summed E-state index contributed by atoms with van der Waals surface area (Å²) in [5.41, 5.74) is 11.0. The molecule has 232 valence electrons. The van der Waals surface area contributed by atoms with E-state index in [1.54, 1.807) is 48.5 Å². The summed E-state index contributed by atoms with van der Waals surface area (Å²) in [6.45, 7) is 8.49. The summed E-state index contributed by atoms with van der Waals surface area (Å²) < 4.78 is 3.01. The molecular formula is C42H40Cl2Zr2-2. The minimum Gasteiger partial charge on any atom is -1.00 e. The zero-order valence-corrected chi connectivity index (χ0v) is 33.6. The van der Waals surface area contributed by atoms with Gasteiger partial charge in [-0.05, 0) is 12.8 Å². The normalized spacial score (nSPS) is 12.0. The van der Waals surface area contributed by atoms with E-state index in [1.807, 2.05) is 36.4 Å². The summed E-state index contributed by atoms with van der Waals surface area (Å²) in [4.78, 5) is 0. The molecule has 0 nitrogen and oxygen atoms in total. The maximum Gasteiger partial charge on any atom is -0.0253 e. The molecule has 4 aliphatic rings. The second-order valence-corrected chi connectivity index (χ2v) is 15.7. The Hall–Kier alpha value is -2.07. The van der Waals surface area contributed by atoms with E-state index in [0.717, 1.165) is 25.7 Å². The number of hydrogen-bond acceptors (Lipinski definition) is 0. The van der Waals surface area contributed by atoms with Gasteiger partial charge in [-0.25, -0.2) is 24.3 Å². The molecule has 8 rings (SSSR count). The van der Waals surface area contributed by atoms with Crippen LogP contribution >= 0.6 is 0 Å². The minimum absolute atomic E-state index is 0. The predicted octanol–water partition coefficient (Wildman–Crippen LogP) is 4.23. The van der Waals surface area contributed by atoms with Crippen molar-refractivity contribution in [3.05, 3.63) is 168 Å². The molecule has 0 amide bonds. The van der Waals surface area contributed by atoms with Crippen molar-refractivity contribution in [2.24, 2.45) is 0 Å². The van der Waals surface area contributed by atoms with Gasteiger partial charge in [-0.3, -0.25) is 12.2 Å². The van der Waals surface area contributed by atoms with Gasteiger partial charge >= 0.3 is 82.6 Å². The fourth-order valence-corrected chi connectivity index (χ4v) is 4.68. The molecular weight excluding hydrogens is 758 g/mol. The van der Waals surface area contributed by atoms with E-state index >= 15 is 0 Å². The van der Waals surface area contributed by atoms with Gasteiger partial charge in [-0.15, -0.1) is 24.0 Å². The van der Waals surface area contributed by atoms with E-state index < -0.39 is 0 Å². The van der Waals surface area contributed by atoms with Crippen molar-refractivity contribution in [1.29, 1.82) is 0 Å². The molecule has 0 aliphatic heterocycles. The van der Waals surface area contributed by atoms with Crippen molar-refractivity contribution >= 4 is 6.41 Å². The third-order valence-corrected chi connectivity index (χ3v) is 6.40. The topological polar surface area (TPSA) is 0 Å². The maximum absolute atomic E-state index is 3.30. The number of hydrogen-bond donors (Lipinski definition) is 0. The van der Waals surface area contributed by atoms with E-state index in [2.05, 4.69) is 137 Å². The van der Waals surface area contributed by atoms with Crippen LogP contribution in [0.3, 0.4) is 0 Å². The zero-order chi connectivity index (χ0) is 31.6. The Kier molecular flexibility index (Phi) is 22.0. The monoisotopic (exact) mass is 794 g/mol. The molecule has 46 heavy (non-hydrogen) atoms. The van der Waals surface area contributed by atoms with Crippen LogP contribution in [0.2, 0.25) is 0 Å². The van der Waals surface area contributed by atoms with Crippen molar-refractivity contribution in [3.63, 3.8) is 0 Å². The Morgan fingerprint density at radius 2 is 0.870 bits per heavy atom. The van der Waals surface area contributed by atoms with Crippen LogP contribution in [0.1, 0.15) is 62.8 Å². The smallest absolute Gasteiger partial charge is 0.0253 e. The molecule has 0 radical (unpaired) electrons. The summed E-state index contributed by atoms with van der Waals surface area (Å²) in [7, 11) is 0. The fourth-order valence-electron chi connectivity index (χ4n) is 4.68. The molecule has 0 heterocycles. The van der Waals surface area contributed by atoms with E-state index in [0.29, 0.717) is 0 Å². The van der Waals surface area contributed by atoms with Gasteiger partial charge in [0, 0.05) is 0 Å². The SMILES string of the molecule is C[C](C)=[Zr+2].C[C](C)=[Zr+2].[C-]1=CC=CC1.[C-]1=CC=CC1.[Cl-].[Cl-].[c-]1cccc2c1Cc1ccccc1-2.[c-]1cccc2c1Cc1ccccc1-2. The molecule has 0 aromatic heterocycles. The Morgan fingerprint density at radius 1 is 0.522 bits per heavy atom. The fraction of sp³-hybridized carbons (Fsp3) is 0.190. The molecule has 0 bridgehead atoms. The van der Waals surface area contributed by atoms with Crippen molar-refractivity contribution in [1.82, 2.24) is 0 Å². The molecule has 0 N–H and O–H groups in total.